The molecule has 6 heteroatoms. The van der Waals surface area contributed by atoms with Gasteiger partial charge in [0.15, 0.2) is 0 Å². The highest BCUT2D eigenvalue weighted by Crippen LogP contribution is 1.85. The minimum Gasteiger partial charge on any atom is -0.313 e. The van der Waals surface area contributed by atoms with Crippen molar-refractivity contribution >= 4 is 11.0 Å². The van der Waals surface area contributed by atoms with Crippen molar-refractivity contribution in [3.05, 3.63) is 22.4 Å². The maximum Gasteiger partial charge on any atom is 0.323 e. The molecule has 0 bridgehead atoms. The van der Waals surface area contributed by atoms with Crippen molar-refractivity contribution in [1.82, 2.24) is 14.7 Å². The maximum absolute atomic E-state index is 10.5. The lowest BCUT2D eigenvalue weighted by atomic mass is 10.5. The van der Waals surface area contributed by atoms with Crippen molar-refractivity contribution in [2.75, 3.05) is 6.26 Å². The monoisotopic (exact) mass is 175 g/mol. The Morgan fingerprint density at radius 3 is 2.91 bits per heavy atom. The Bertz CT molecular complexity index is 303. The molecule has 1 atom stereocenters. The van der Waals surface area contributed by atoms with Gasteiger partial charge in [-0.3, -0.25) is 0 Å². The van der Waals surface area contributed by atoms with Gasteiger partial charge in [-0.25, -0.2) is 13.7 Å². The van der Waals surface area contributed by atoms with E-state index in [9.17, 15) is 9.00 Å². The lowest BCUT2D eigenvalue weighted by Gasteiger charge is -1.94. The second-order valence-corrected chi connectivity index (χ2v) is 3.24. The zero-order valence-corrected chi connectivity index (χ0v) is 6.83. The molecule has 0 aliphatic rings. The van der Waals surface area contributed by atoms with Crippen molar-refractivity contribution in [3.63, 3.8) is 0 Å². The Balaban J connectivity index is 2.51. The second-order valence-electron chi connectivity index (χ2n) is 2.04. The quantitative estimate of drug-likeness (QED) is 0.556. The fourth-order valence-corrected chi connectivity index (χ4v) is 1.00. The highest BCUT2D eigenvalue weighted by atomic mass is 32.2. The van der Waals surface area contributed by atoms with Crippen molar-refractivity contribution in [3.8, 4) is 0 Å². The average Bonchev–Trinajstić information content (AvgIpc) is 2.31. The van der Waals surface area contributed by atoms with E-state index in [1.165, 1.54) is 6.26 Å². The highest BCUT2D eigenvalue weighted by Gasteiger charge is 1.95. The summed E-state index contributed by atoms with van der Waals surface area (Å²) < 4.78 is 13.2. The first-order valence-corrected chi connectivity index (χ1v) is 4.58. The minimum atomic E-state index is -1.04. The number of imidazole rings is 1. The lowest BCUT2D eigenvalue weighted by molar-refractivity contribution is 0.675. The highest BCUT2D eigenvalue weighted by molar-refractivity contribution is 7.82. The van der Waals surface area contributed by atoms with Crippen LogP contribution in [0, 0.1) is 0 Å². The van der Waals surface area contributed by atoms with Gasteiger partial charge in [-0.2, -0.15) is 0 Å². The van der Waals surface area contributed by atoms with Gasteiger partial charge >= 0.3 is 5.69 Å². The van der Waals surface area contributed by atoms with Crippen LogP contribution in [0.3, 0.4) is 0 Å². The van der Waals surface area contributed by atoms with Crippen LogP contribution in [0.25, 0.3) is 0 Å². The molecule has 0 saturated heterocycles. The zero-order chi connectivity index (χ0) is 8.27. The van der Waals surface area contributed by atoms with Crippen LogP contribution in [-0.4, -0.2) is 20.4 Å². The summed E-state index contributed by atoms with van der Waals surface area (Å²) in [6.07, 6.45) is 3.08. The molecular weight excluding hydrogens is 166 g/mol. The van der Waals surface area contributed by atoms with Crippen LogP contribution in [0.2, 0.25) is 0 Å². The van der Waals surface area contributed by atoms with Crippen LogP contribution in [-0.2, 0) is 17.5 Å². The molecule has 0 saturated carbocycles. The number of hydrogen-bond donors (Lipinski definition) is 3. The van der Waals surface area contributed by atoms with Gasteiger partial charge in [0.05, 0.1) is 16.7 Å². The molecule has 0 fully saturated rings. The van der Waals surface area contributed by atoms with E-state index in [-0.39, 0.29) is 5.69 Å². The number of nitrogens with one attached hydrogen (secondary N) is 3. The van der Waals surface area contributed by atoms with E-state index in [4.69, 9.17) is 0 Å². The Morgan fingerprint density at radius 1 is 1.73 bits per heavy atom. The van der Waals surface area contributed by atoms with Crippen LogP contribution in [0.1, 0.15) is 5.69 Å². The van der Waals surface area contributed by atoms with Crippen LogP contribution in [0.4, 0.5) is 0 Å². The van der Waals surface area contributed by atoms with Gasteiger partial charge in [0, 0.05) is 19.0 Å². The molecule has 0 radical (unpaired) electrons. The molecule has 0 aliphatic carbocycles. The van der Waals surface area contributed by atoms with E-state index in [1.807, 2.05) is 0 Å². The number of hydrogen-bond acceptors (Lipinski definition) is 2. The van der Waals surface area contributed by atoms with Crippen LogP contribution in [0.5, 0.6) is 0 Å². The summed E-state index contributed by atoms with van der Waals surface area (Å²) in [5, 5.41) is 0. The predicted octanol–water partition coefficient (Wildman–Crippen LogP) is -0.914. The second kappa shape index (κ2) is 3.49. The summed E-state index contributed by atoms with van der Waals surface area (Å²) in [7, 11) is -1.04. The molecule has 1 rings (SSSR count). The third-order valence-electron chi connectivity index (χ3n) is 1.12. The average molecular weight is 175 g/mol. The van der Waals surface area contributed by atoms with Crippen molar-refractivity contribution in [2.45, 2.75) is 6.54 Å². The van der Waals surface area contributed by atoms with Gasteiger partial charge in [0.25, 0.3) is 0 Å². The summed E-state index contributed by atoms with van der Waals surface area (Å²) >= 11 is 0. The van der Waals surface area contributed by atoms with E-state index in [2.05, 4.69) is 14.7 Å². The number of aromatic amines is 2. The molecule has 1 heterocycles. The lowest BCUT2D eigenvalue weighted by Crippen LogP contribution is -2.15. The molecule has 1 aromatic rings. The number of rotatable bonds is 3. The molecule has 1 aromatic heterocycles. The zero-order valence-electron chi connectivity index (χ0n) is 6.01. The van der Waals surface area contributed by atoms with Gasteiger partial charge in [-0.05, 0) is 0 Å². The summed E-state index contributed by atoms with van der Waals surface area (Å²) in [4.78, 5) is 15.5. The van der Waals surface area contributed by atoms with Crippen molar-refractivity contribution < 1.29 is 4.21 Å². The third-order valence-corrected chi connectivity index (χ3v) is 1.67. The number of H-pyrrole nitrogens is 2. The molecule has 11 heavy (non-hydrogen) atoms. The van der Waals surface area contributed by atoms with Crippen molar-refractivity contribution in [2.24, 2.45) is 0 Å². The van der Waals surface area contributed by atoms with Gasteiger partial charge in [0.2, 0.25) is 0 Å². The minimum absolute atomic E-state index is 0.247. The predicted molar refractivity (Wildman–Crippen MR) is 42.3 cm³/mol. The maximum atomic E-state index is 10.5. The third kappa shape index (κ3) is 2.69. The fourth-order valence-electron chi connectivity index (χ4n) is 0.645. The Hall–Kier alpha value is -0.880. The topological polar surface area (TPSA) is 77.8 Å². The summed E-state index contributed by atoms with van der Waals surface area (Å²) in [6.45, 7) is 0.405. The molecule has 1 unspecified atom stereocenters. The number of aromatic nitrogens is 2. The van der Waals surface area contributed by atoms with Crippen LogP contribution >= 0.6 is 0 Å². The first-order valence-electron chi connectivity index (χ1n) is 3.02. The summed E-state index contributed by atoms with van der Waals surface area (Å²) in [6, 6.07) is 0. The molecule has 0 amide bonds. The summed E-state index contributed by atoms with van der Waals surface area (Å²) in [5.74, 6) is 0. The molecule has 5 nitrogen and oxygen atoms in total. The van der Waals surface area contributed by atoms with E-state index >= 15 is 0 Å². The van der Waals surface area contributed by atoms with Gasteiger partial charge in [0.1, 0.15) is 0 Å². The Kier molecular flexibility index (Phi) is 2.61. The van der Waals surface area contributed by atoms with E-state index < -0.39 is 11.0 Å². The normalized spacial score (nSPS) is 13.2. The van der Waals surface area contributed by atoms with E-state index in [1.54, 1.807) is 6.20 Å². The molecule has 0 spiro atoms. The first-order chi connectivity index (χ1) is 5.18. The van der Waals surface area contributed by atoms with Crippen molar-refractivity contribution in [1.29, 1.82) is 0 Å². The van der Waals surface area contributed by atoms with Crippen LogP contribution in [0.15, 0.2) is 11.0 Å². The SMILES string of the molecule is CS(=O)NCc1c[nH]c(=O)[nH]1. The first kappa shape index (κ1) is 8.22. The van der Waals surface area contributed by atoms with Gasteiger partial charge < -0.3 is 9.97 Å². The molecule has 0 aromatic carbocycles. The fraction of sp³-hybridized carbons (Fsp3) is 0.400. The Morgan fingerprint density at radius 2 is 2.45 bits per heavy atom. The molecule has 62 valence electrons. The van der Waals surface area contributed by atoms with Gasteiger partial charge in [-0.1, -0.05) is 0 Å². The molecule has 0 aliphatic heterocycles. The smallest absolute Gasteiger partial charge is 0.313 e. The summed E-state index contributed by atoms with van der Waals surface area (Å²) in [5.41, 5.74) is 0.453. The standard InChI is InChI=1S/C5H9N3O2S/c1-11(10)7-3-4-2-6-5(9)8-4/h2,7H,3H2,1H3,(H2,6,8,9). The molecular formula is C5H9N3O2S. The van der Waals surface area contributed by atoms with E-state index in [0.29, 0.717) is 12.2 Å². The largest absolute Gasteiger partial charge is 0.323 e. The molecule has 3 N–H and O–H groups in total. The van der Waals surface area contributed by atoms with Crippen LogP contribution < -0.4 is 10.4 Å². The van der Waals surface area contributed by atoms with E-state index in [0.717, 1.165) is 0 Å². The van der Waals surface area contributed by atoms with Gasteiger partial charge in [-0.15, -0.1) is 0 Å². The Labute approximate surface area is 65.8 Å².